The lowest BCUT2D eigenvalue weighted by Gasteiger charge is -2.10. The average molecular weight is 286 g/mol. The number of likely N-dealkylation sites (tertiary alicyclic amines) is 1. The molecule has 7 nitrogen and oxygen atoms in total. The molecule has 1 aliphatic heterocycles. The number of hydrogen-bond donors (Lipinski definition) is 2. The van der Waals surface area contributed by atoms with E-state index < -0.39 is 17.9 Å². The highest BCUT2D eigenvalue weighted by Gasteiger charge is 2.37. The predicted octanol–water partition coefficient (Wildman–Crippen LogP) is -1.12. The van der Waals surface area contributed by atoms with Gasteiger partial charge in [0.1, 0.15) is 11.7 Å². The SMILES string of the molecule is CN1C(=O)CC(NC(=O)c2ccc(C#CCN)cn2)C1=O. The Morgan fingerprint density at radius 1 is 1.52 bits per heavy atom. The maximum absolute atomic E-state index is 12.0. The predicted molar refractivity (Wildman–Crippen MR) is 73.8 cm³/mol. The monoisotopic (exact) mass is 286 g/mol. The van der Waals surface area contributed by atoms with E-state index >= 15 is 0 Å². The van der Waals surface area contributed by atoms with Crippen LogP contribution in [0.25, 0.3) is 0 Å². The quantitative estimate of drug-likeness (QED) is 0.529. The third-order valence-electron chi connectivity index (χ3n) is 3.02. The van der Waals surface area contributed by atoms with Gasteiger partial charge in [-0.05, 0) is 12.1 Å². The number of hydrogen-bond acceptors (Lipinski definition) is 5. The lowest BCUT2D eigenvalue weighted by atomic mass is 10.2. The molecule has 1 aliphatic rings. The van der Waals surface area contributed by atoms with Crippen LogP contribution in [-0.2, 0) is 9.59 Å². The minimum Gasteiger partial charge on any atom is -0.338 e. The lowest BCUT2D eigenvalue weighted by molar-refractivity contribution is -0.137. The number of nitrogens with one attached hydrogen (secondary N) is 1. The molecule has 2 rings (SSSR count). The van der Waals surface area contributed by atoms with Crippen molar-refractivity contribution in [1.82, 2.24) is 15.2 Å². The average Bonchev–Trinajstić information content (AvgIpc) is 2.73. The van der Waals surface area contributed by atoms with Gasteiger partial charge in [-0.3, -0.25) is 19.3 Å². The van der Waals surface area contributed by atoms with Gasteiger partial charge in [0.25, 0.3) is 11.8 Å². The molecule has 0 aromatic carbocycles. The molecule has 1 saturated heterocycles. The molecule has 2 heterocycles. The van der Waals surface area contributed by atoms with E-state index in [2.05, 4.69) is 22.1 Å². The number of rotatable bonds is 2. The molecule has 0 radical (unpaired) electrons. The van der Waals surface area contributed by atoms with Crippen molar-refractivity contribution in [2.24, 2.45) is 5.73 Å². The highest BCUT2D eigenvalue weighted by Crippen LogP contribution is 2.11. The summed E-state index contributed by atoms with van der Waals surface area (Å²) in [6.45, 7) is 0.244. The van der Waals surface area contributed by atoms with E-state index in [-0.39, 0.29) is 24.6 Å². The summed E-state index contributed by atoms with van der Waals surface area (Å²) < 4.78 is 0. The summed E-state index contributed by atoms with van der Waals surface area (Å²) in [5, 5.41) is 2.50. The summed E-state index contributed by atoms with van der Waals surface area (Å²) in [6, 6.07) is 2.31. The molecule has 21 heavy (non-hydrogen) atoms. The topological polar surface area (TPSA) is 105 Å². The number of carbonyl (C=O) groups excluding carboxylic acids is 3. The maximum Gasteiger partial charge on any atom is 0.270 e. The van der Waals surface area contributed by atoms with Crippen LogP contribution in [0.3, 0.4) is 0 Å². The van der Waals surface area contributed by atoms with Gasteiger partial charge in [-0.25, -0.2) is 4.98 Å². The lowest BCUT2D eigenvalue weighted by Crippen LogP contribution is -2.40. The molecule has 3 amide bonds. The van der Waals surface area contributed by atoms with Crippen LogP contribution in [0.1, 0.15) is 22.5 Å². The number of pyridine rings is 1. The third-order valence-corrected chi connectivity index (χ3v) is 3.02. The Labute approximate surface area is 121 Å². The van der Waals surface area contributed by atoms with Gasteiger partial charge >= 0.3 is 0 Å². The van der Waals surface area contributed by atoms with Crippen LogP contribution < -0.4 is 11.1 Å². The van der Waals surface area contributed by atoms with E-state index in [1.54, 1.807) is 6.07 Å². The smallest absolute Gasteiger partial charge is 0.270 e. The Morgan fingerprint density at radius 3 is 2.81 bits per heavy atom. The van der Waals surface area contributed by atoms with Crippen molar-refractivity contribution in [2.45, 2.75) is 12.5 Å². The molecule has 108 valence electrons. The fraction of sp³-hybridized carbons (Fsp3) is 0.286. The fourth-order valence-corrected chi connectivity index (χ4v) is 1.86. The molecule has 1 aromatic heterocycles. The van der Waals surface area contributed by atoms with Crippen LogP contribution in [0.2, 0.25) is 0 Å². The number of nitrogens with two attached hydrogens (primary N) is 1. The van der Waals surface area contributed by atoms with Crippen molar-refractivity contribution < 1.29 is 14.4 Å². The van der Waals surface area contributed by atoms with Gasteiger partial charge in [-0.15, -0.1) is 0 Å². The largest absolute Gasteiger partial charge is 0.338 e. The molecular formula is C14H14N4O3. The van der Waals surface area contributed by atoms with Crippen molar-refractivity contribution in [3.63, 3.8) is 0 Å². The highest BCUT2D eigenvalue weighted by molar-refractivity contribution is 6.07. The van der Waals surface area contributed by atoms with Gasteiger partial charge in [0.15, 0.2) is 0 Å². The first-order valence-corrected chi connectivity index (χ1v) is 6.29. The molecule has 7 heteroatoms. The van der Waals surface area contributed by atoms with Crippen molar-refractivity contribution >= 4 is 17.7 Å². The van der Waals surface area contributed by atoms with Crippen molar-refractivity contribution in [3.8, 4) is 11.8 Å². The normalized spacial score (nSPS) is 17.4. The molecule has 1 unspecified atom stereocenters. The number of carbonyl (C=O) groups is 3. The Hall–Kier alpha value is -2.72. The first-order valence-electron chi connectivity index (χ1n) is 6.29. The van der Waals surface area contributed by atoms with Gasteiger partial charge < -0.3 is 11.1 Å². The van der Waals surface area contributed by atoms with Gasteiger partial charge in [0.2, 0.25) is 5.91 Å². The van der Waals surface area contributed by atoms with E-state index in [0.717, 1.165) is 4.90 Å². The Bertz CT molecular complexity index is 642. The third kappa shape index (κ3) is 3.24. The molecule has 0 saturated carbocycles. The summed E-state index contributed by atoms with van der Waals surface area (Å²) in [4.78, 5) is 40.0. The summed E-state index contributed by atoms with van der Waals surface area (Å²) in [7, 11) is 1.39. The molecule has 1 aromatic rings. The molecule has 3 N–H and O–H groups in total. The van der Waals surface area contributed by atoms with Gasteiger partial charge in [-0.1, -0.05) is 11.8 Å². The minimum atomic E-state index is -0.825. The summed E-state index contributed by atoms with van der Waals surface area (Å²) in [5.74, 6) is 4.23. The van der Waals surface area contributed by atoms with Crippen molar-refractivity contribution in [2.75, 3.05) is 13.6 Å². The Balaban J connectivity index is 2.04. The van der Waals surface area contributed by atoms with Crippen LogP contribution in [-0.4, -0.2) is 47.2 Å². The Morgan fingerprint density at radius 2 is 2.29 bits per heavy atom. The second kappa shape index (κ2) is 6.15. The van der Waals surface area contributed by atoms with E-state index in [1.807, 2.05) is 0 Å². The van der Waals surface area contributed by atoms with Crippen LogP contribution in [0.15, 0.2) is 18.3 Å². The van der Waals surface area contributed by atoms with E-state index in [4.69, 9.17) is 5.73 Å². The van der Waals surface area contributed by atoms with Crippen molar-refractivity contribution in [1.29, 1.82) is 0 Å². The van der Waals surface area contributed by atoms with E-state index in [0.29, 0.717) is 5.56 Å². The zero-order valence-corrected chi connectivity index (χ0v) is 11.4. The number of imide groups is 1. The molecule has 1 atom stereocenters. The molecule has 0 spiro atoms. The zero-order chi connectivity index (χ0) is 15.4. The number of aromatic nitrogens is 1. The van der Waals surface area contributed by atoms with Gasteiger partial charge in [0, 0.05) is 18.8 Å². The highest BCUT2D eigenvalue weighted by atomic mass is 16.2. The minimum absolute atomic E-state index is 0.0267. The van der Waals surface area contributed by atoms with E-state index in [1.165, 1.54) is 19.3 Å². The van der Waals surface area contributed by atoms with Crippen LogP contribution in [0.4, 0.5) is 0 Å². The summed E-state index contributed by atoms with van der Waals surface area (Å²) >= 11 is 0. The molecule has 0 aliphatic carbocycles. The standard InChI is InChI=1S/C14H14N4O3/c1-18-12(19)7-11(14(18)21)17-13(20)10-5-4-9(8-16-10)3-2-6-15/h4-5,8,11H,6-7,15H2,1H3,(H,17,20). The zero-order valence-electron chi connectivity index (χ0n) is 11.4. The van der Waals surface area contributed by atoms with Crippen LogP contribution in [0.5, 0.6) is 0 Å². The van der Waals surface area contributed by atoms with Crippen LogP contribution in [0, 0.1) is 11.8 Å². The molecule has 1 fully saturated rings. The molecular weight excluding hydrogens is 272 g/mol. The number of amides is 3. The van der Waals surface area contributed by atoms with Crippen molar-refractivity contribution in [3.05, 3.63) is 29.6 Å². The van der Waals surface area contributed by atoms with Gasteiger partial charge in [-0.2, -0.15) is 0 Å². The van der Waals surface area contributed by atoms with Crippen LogP contribution >= 0.6 is 0 Å². The fourth-order valence-electron chi connectivity index (χ4n) is 1.86. The molecule has 0 bridgehead atoms. The number of nitrogens with zero attached hydrogens (tertiary/aromatic N) is 2. The Kier molecular flexibility index (Phi) is 4.30. The summed E-state index contributed by atoms with van der Waals surface area (Å²) in [5.41, 5.74) is 6.06. The number of likely N-dealkylation sites (N-methyl/N-ethyl adjacent to an activating group) is 1. The summed E-state index contributed by atoms with van der Waals surface area (Å²) in [6.07, 6.45) is 1.42. The van der Waals surface area contributed by atoms with Gasteiger partial charge in [0.05, 0.1) is 13.0 Å². The van der Waals surface area contributed by atoms with E-state index in [9.17, 15) is 14.4 Å². The maximum atomic E-state index is 12.0. The first-order chi connectivity index (χ1) is 10.0. The second-order valence-corrected chi connectivity index (χ2v) is 4.46. The second-order valence-electron chi connectivity index (χ2n) is 4.46. The first kappa shape index (κ1) is 14.7.